The summed E-state index contributed by atoms with van der Waals surface area (Å²) >= 11 is 0. The second-order valence-corrected chi connectivity index (χ2v) is 9.17. The van der Waals surface area contributed by atoms with Crippen LogP contribution >= 0.6 is 0 Å². The van der Waals surface area contributed by atoms with Gasteiger partial charge in [-0.15, -0.1) is 0 Å². The molecule has 3 aromatic rings. The average molecular weight is 594 g/mol. The van der Waals surface area contributed by atoms with Gasteiger partial charge >= 0.3 is 18.2 Å². The molecule has 222 valence electrons. The number of hydrogen-bond acceptors (Lipinski definition) is 8. The van der Waals surface area contributed by atoms with E-state index in [4.69, 9.17) is 0 Å². The third-order valence-corrected chi connectivity index (χ3v) is 5.98. The zero-order valence-electron chi connectivity index (χ0n) is 22.4. The molecular weight excluding hydrogens is 569 g/mol. The number of alkyl halides is 3. The maximum atomic E-state index is 14.8. The van der Waals surface area contributed by atoms with Crippen molar-refractivity contribution >= 4 is 35.4 Å². The lowest BCUT2D eigenvalue weighted by molar-refractivity contribution is -0.189. The predicted octanol–water partition coefficient (Wildman–Crippen LogP) is 3.58. The number of carbonyl (C=O) groups excluding carboxylic acids is 3. The van der Waals surface area contributed by atoms with Crippen LogP contribution in [0.15, 0.2) is 36.4 Å². The van der Waals surface area contributed by atoms with E-state index in [1.165, 1.54) is 13.1 Å². The van der Waals surface area contributed by atoms with Crippen LogP contribution in [0, 0.1) is 11.6 Å². The number of rotatable bonds is 8. The van der Waals surface area contributed by atoms with Gasteiger partial charge in [-0.3, -0.25) is 4.79 Å². The van der Waals surface area contributed by atoms with Crippen LogP contribution in [0.4, 0.5) is 44.2 Å². The summed E-state index contributed by atoms with van der Waals surface area (Å²) in [6, 6.07) is 5.57. The van der Waals surface area contributed by atoms with Crippen LogP contribution in [0.5, 0.6) is 5.75 Å². The van der Waals surface area contributed by atoms with Gasteiger partial charge in [-0.1, -0.05) is 12.1 Å². The fourth-order valence-corrected chi connectivity index (χ4v) is 4.01. The number of esters is 1. The quantitative estimate of drug-likeness (QED) is 0.206. The van der Waals surface area contributed by atoms with Gasteiger partial charge in [0.1, 0.15) is 23.1 Å². The molecule has 3 N–H and O–H groups in total. The normalized spacial score (nSPS) is 13.0. The van der Waals surface area contributed by atoms with E-state index in [0.29, 0.717) is 18.0 Å². The molecular formula is C26H24F5N7O4. The van der Waals surface area contributed by atoms with Gasteiger partial charge < -0.3 is 25.6 Å². The third-order valence-electron chi connectivity index (χ3n) is 5.98. The highest BCUT2D eigenvalue weighted by Crippen LogP contribution is 2.39. The van der Waals surface area contributed by atoms with E-state index in [9.17, 15) is 36.3 Å². The van der Waals surface area contributed by atoms with Crippen molar-refractivity contribution in [2.45, 2.75) is 12.7 Å². The van der Waals surface area contributed by atoms with Gasteiger partial charge in [-0.25, -0.2) is 28.3 Å². The summed E-state index contributed by atoms with van der Waals surface area (Å²) in [7, 11) is 4.86. The Labute approximate surface area is 235 Å². The Bertz CT molecular complexity index is 1530. The summed E-state index contributed by atoms with van der Waals surface area (Å²) in [5.41, 5.74) is -0.894. The number of nitrogens with zero attached hydrogens (tertiary/aromatic N) is 4. The Balaban J connectivity index is 1.93. The summed E-state index contributed by atoms with van der Waals surface area (Å²) in [6.45, 7) is 0.582. The molecule has 2 heterocycles. The monoisotopic (exact) mass is 593 g/mol. The fraction of sp³-hybridized carbons (Fsp3) is 0.269. The van der Waals surface area contributed by atoms with Crippen molar-refractivity contribution in [1.82, 2.24) is 25.5 Å². The van der Waals surface area contributed by atoms with Crippen molar-refractivity contribution in [3.05, 3.63) is 59.2 Å². The molecule has 1 aliphatic heterocycles. The molecule has 3 amide bonds. The van der Waals surface area contributed by atoms with Gasteiger partial charge in [0, 0.05) is 31.3 Å². The summed E-state index contributed by atoms with van der Waals surface area (Å²) in [5, 5.41) is 7.68. The molecule has 2 aromatic carbocycles. The zero-order valence-corrected chi connectivity index (χ0v) is 22.4. The van der Waals surface area contributed by atoms with Crippen molar-refractivity contribution in [2.24, 2.45) is 0 Å². The molecule has 0 radical (unpaired) electrons. The molecule has 0 unspecified atom stereocenters. The van der Waals surface area contributed by atoms with Gasteiger partial charge in [-0.2, -0.15) is 18.2 Å². The van der Waals surface area contributed by atoms with Crippen molar-refractivity contribution in [3.8, 4) is 17.0 Å². The Morgan fingerprint density at radius 3 is 2.43 bits per heavy atom. The maximum absolute atomic E-state index is 14.8. The smallest absolute Gasteiger partial charge is 0.419 e. The van der Waals surface area contributed by atoms with Crippen molar-refractivity contribution in [2.75, 3.05) is 44.4 Å². The first-order valence-electron chi connectivity index (χ1n) is 12.3. The number of benzene rings is 2. The van der Waals surface area contributed by atoms with Gasteiger partial charge in [0.25, 0.3) is 5.91 Å². The van der Waals surface area contributed by atoms with Crippen molar-refractivity contribution < 1.29 is 41.1 Å². The second-order valence-electron chi connectivity index (χ2n) is 9.17. The Kier molecular flexibility index (Phi) is 8.56. The highest BCUT2D eigenvalue weighted by molar-refractivity contribution is 6.02. The number of aromatic nitrogens is 2. The standard InChI is InChI=1S/C26H24F5N7O4/c1-32-22(39)14-8-7-13(11-18(14)42-23(40)26(29,30)31)19-15-12-34-25(41)38(20-16(27)5-4-6-17(20)28)21(15)36-24(35-19)33-9-10-37(2)3/h4-8,11H,9-10,12H2,1-3H3,(H,32,39)(H,34,41)(H,33,35,36). The number of urea groups is 1. The first-order chi connectivity index (χ1) is 19.8. The van der Waals surface area contributed by atoms with Crippen molar-refractivity contribution in [3.63, 3.8) is 0 Å². The first kappa shape index (κ1) is 30.1. The van der Waals surface area contributed by atoms with Crippen LogP contribution in [0.25, 0.3) is 11.3 Å². The SMILES string of the molecule is CNC(=O)c1ccc(-c2nc(NCCN(C)C)nc3c2CNC(=O)N3c2c(F)cccc2F)cc1OC(=O)C(F)(F)F. The summed E-state index contributed by atoms with van der Waals surface area (Å²) < 4.78 is 73.3. The number of fused-ring (bicyclic) bond motifs is 1. The fourth-order valence-electron chi connectivity index (χ4n) is 4.01. The highest BCUT2D eigenvalue weighted by atomic mass is 19.4. The molecule has 4 rings (SSSR count). The number of para-hydroxylation sites is 1. The van der Waals surface area contributed by atoms with Crippen LogP contribution < -0.4 is 25.6 Å². The number of likely N-dealkylation sites (N-methyl/N-ethyl adjacent to an activating group) is 1. The average Bonchev–Trinajstić information content (AvgIpc) is 2.92. The van der Waals surface area contributed by atoms with Gasteiger partial charge in [-0.05, 0) is 38.4 Å². The molecule has 0 atom stereocenters. The second kappa shape index (κ2) is 11.9. The predicted molar refractivity (Wildman–Crippen MR) is 140 cm³/mol. The molecule has 42 heavy (non-hydrogen) atoms. The Morgan fingerprint density at radius 2 is 1.81 bits per heavy atom. The summed E-state index contributed by atoms with van der Waals surface area (Å²) in [5.74, 6) is -6.52. The molecule has 0 bridgehead atoms. The molecule has 0 saturated carbocycles. The zero-order chi connectivity index (χ0) is 30.8. The number of halogens is 5. The largest absolute Gasteiger partial charge is 0.491 e. The topological polar surface area (TPSA) is 129 Å². The van der Waals surface area contributed by atoms with E-state index >= 15 is 0 Å². The number of amides is 3. The van der Waals surface area contributed by atoms with Gasteiger partial charge in [0.05, 0.1) is 17.8 Å². The van der Waals surface area contributed by atoms with E-state index in [0.717, 1.165) is 30.3 Å². The minimum Gasteiger partial charge on any atom is -0.419 e. The molecule has 1 aliphatic rings. The number of nitrogens with one attached hydrogen (secondary N) is 3. The summed E-state index contributed by atoms with van der Waals surface area (Å²) in [4.78, 5) is 48.2. The Hall–Kier alpha value is -4.86. The minimum atomic E-state index is -5.36. The van der Waals surface area contributed by atoms with E-state index in [-0.39, 0.29) is 40.7 Å². The lowest BCUT2D eigenvalue weighted by atomic mass is 10.0. The molecule has 0 saturated heterocycles. The van der Waals surface area contributed by atoms with E-state index in [1.54, 1.807) is 0 Å². The van der Waals surface area contributed by atoms with Crippen LogP contribution in [0.1, 0.15) is 15.9 Å². The maximum Gasteiger partial charge on any atom is 0.491 e. The number of anilines is 3. The summed E-state index contributed by atoms with van der Waals surface area (Å²) in [6.07, 6.45) is -5.36. The van der Waals surface area contributed by atoms with Crippen LogP contribution in [-0.4, -0.2) is 73.2 Å². The third kappa shape index (κ3) is 6.22. The highest BCUT2D eigenvalue weighted by Gasteiger charge is 2.42. The first-order valence-corrected chi connectivity index (χ1v) is 12.3. The van der Waals surface area contributed by atoms with Crippen LogP contribution in [0.2, 0.25) is 0 Å². The van der Waals surface area contributed by atoms with Crippen molar-refractivity contribution in [1.29, 1.82) is 0 Å². The molecule has 0 fully saturated rings. The lowest BCUT2D eigenvalue weighted by Gasteiger charge is -2.31. The molecule has 0 aliphatic carbocycles. The van der Waals surface area contributed by atoms with E-state index in [2.05, 4.69) is 30.7 Å². The number of ether oxygens (including phenoxy) is 1. The molecule has 0 spiro atoms. The number of hydrogen-bond donors (Lipinski definition) is 3. The lowest BCUT2D eigenvalue weighted by Crippen LogP contribution is -2.43. The van der Waals surface area contributed by atoms with Gasteiger partial charge in [0.2, 0.25) is 5.95 Å². The van der Waals surface area contributed by atoms with Crippen LogP contribution in [0.3, 0.4) is 0 Å². The molecule has 1 aromatic heterocycles. The molecule has 16 heteroatoms. The molecule has 11 nitrogen and oxygen atoms in total. The number of carbonyl (C=O) groups is 3. The van der Waals surface area contributed by atoms with E-state index in [1.807, 2.05) is 19.0 Å². The van der Waals surface area contributed by atoms with Gasteiger partial charge in [0.15, 0.2) is 5.82 Å². The Morgan fingerprint density at radius 1 is 1.12 bits per heavy atom. The van der Waals surface area contributed by atoms with Crippen LogP contribution in [-0.2, 0) is 11.3 Å². The minimum absolute atomic E-state index is 0.0156. The van der Waals surface area contributed by atoms with E-state index < -0.39 is 47.2 Å².